The lowest BCUT2D eigenvalue weighted by Gasteiger charge is -2.47. The van der Waals surface area contributed by atoms with Crippen LogP contribution >= 0.6 is 0 Å². The first kappa shape index (κ1) is 17.6. The molecule has 0 radical (unpaired) electrons. The summed E-state index contributed by atoms with van der Waals surface area (Å²) < 4.78 is 24.2. The van der Waals surface area contributed by atoms with Gasteiger partial charge >= 0.3 is 0 Å². The average Bonchev–Trinajstić information content (AvgIpc) is 3.26. The Bertz CT molecular complexity index is 1130. The number of hydrogen-bond donors (Lipinski definition) is 2. The molecule has 9 nitrogen and oxygen atoms in total. The number of hydrogen-bond acceptors (Lipinski definition) is 5. The molecule has 3 aromatic rings. The van der Waals surface area contributed by atoms with Crippen LogP contribution in [0.3, 0.4) is 0 Å². The van der Waals surface area contributed by atoms with Crippen LogP contribution in [-0.4, -0.2) is 58.1 Å². The Balaban J connectivity index is 1.67. The SMILES string of the molecule is [C-]#[N+]CC1(n2cc(-c3ncnc4[nH]ccc34)cn2)CN(S(=N)(=O)C(C)C)C1. The average molecular weight is 384 g/mol. The van der Waals surface area contributed by atoms with Gasteiger partial charge in [-0.15, -0.1) is 0 Å². The highest BCUT2D eigenvalue weighted by atomic mass is 32.2. The van der Waals surface area contributed by atoms with Crippen LogP contribution in [0, 0.1) is 11.4 Å². The van der Waals surface area contributed by atoms with E-state index in [0.717, 1.165) is 22.3 Å². The molecular formula is C17H20N8OS. The molecule has 3 aromatic heterocycles. The van der Waals surface area contributed by atoms with Gasteiger partial charge in [0.05, 0.1) is 17.1 Å². The Hall–Kier alpha value is -2.77. The Morgan fingerprint density at radius 3 is 2.93 bits per heavy atom. The fourth-order valence-electron chi connectivity index (χ4n) is 3.37. The van der Waals surface area contributed by atoms with Gasteiger partial charge in [-0.05, 0) is 19.9 Å². The molecule has 2 N–H and O–H groups in total. The van der Waals surface area contributed by atoms with E-state index in [-0.39, 0.29) is 11.8 Å². The molecule has 0 amide bonds. The molecule has 1 fully saturated rings. The van der Waals surface area contributed by atoms with Crippen LogP contribution in [-0.2, 0) is 15.5 Å². The molecule has 0 bridgehead atoms. The summed E-state index contributed by atoms with van der Waals surface area (Å²) in [5.74, 6) is 0. The smallest absolute Gasteiger partial charge is 0.242 e. The van der Waals surface area contributed by atoms with Gasteiger partial charge in [-0.25, -0.2) is 29.8 Å². The number of nitrogens with one attached hydrogen (secondary N) is 2. The van der Waals surface area contributed by atoms with Crippen molar-refractivity contribution in [3.8, 4) is 11.3 Å². The van der Waals surface area contributed by atoms with E-state index in [1.807, 2.05) is 18.5 Å². The van der Waals surface area contributed by atoms with Crippen molar-refractivity contribution in [1.29, 1.82) is 4.78 Å². The van der Waals surface area contributed by atoms with Crippen LogP contribution in [0.1, 0.15) is 13.8 Å². The maximum Gasteiger partial charge on any atom is 0.242 e. The van der Waals surface area contributed by atoms with E-state index in [1.54, 1.807) is 29.0 Å². The predicted octanol–water partition coefficient (Wildman–Crippen LogP) is 2.12. The largest absolute Gasteiger partial charge is 0.346 e. The zero-order chi connectivity index (χ0) is 19.2. The Morgan fingerprint density at radius 2 is 2.22 bits per heavy atom. The first-order chi connectivity index (χ1) is 12.9. The Labute approximate surface area is 157 Å². The van der Waals surface area contributed by atoms with Gasteiger partial charge in [0.1, 0.15) is 21.9 Å². The third-order valence-corrected chi connectivity index (χ3v) is 7.34. The van der Waals surface area contributed by atoms with Crippen molar-refractivity contribution in [1.82, 2.24) is 29.0 Å². The maximum atomic E-state index is 12.6. The third-order valence-electron chi connectivity index (χ3n) is 5.03. The molecule has 0 saturated carbocycles. The maximum absolute atomic E-state index is 12.6. The fourth-order valence-corrected chi connectivity index (χ4v) is 4.83. The number of nitrogens with zero attached hydrogens (tertiary/aromatic N) is 6. The quantitative estimate of drug-likeness (QED) is 0.657. The second-order valence-electron chi connectivity index (χ2n) is 7.09. The van der Waals surface area contributed by atoms with Crippen LogP contribution in [0.15, 0.2) is 31.0 Å². The lowest BCUT2D eigenvalue weighted by Crippen LogP contribution is -2.66. The zero-order valence-electron chi connectivity index (χ0n) is 15.1. The molecule has 140 valence electrons. The predicted molar refractivity (Wildman–Crippen MR) is 102 cm³/mol. The third kappa shape index (κ3) is 2.70. The highest BCUT2D eigenvalue weighted by Gasteiger charge is 2.52. The molecule has 0 aliphatic carbocycles. The topological polar surface area (TPSA) is 108 Å². The van der Waals surface area contributed by atoms with Gasteiger partial charge in [0.25, 0.3) is 0 Å². The molecule has 4 heterocycles. The second kappa shape index (κ2) is 6.14. The van der Waals surface area contributed by atoms with Gasteiger partial charge < -0.3 is 9.83 Å². The summed E-state index contributed by atoms with van der Waals surface area (Å²) in [6.07, 6.45) is 6.92. The normalized spacial score (nSPS) is 18.9. The van der Waals surface area contributed by atoms with E-state index < -0.39 is 15.5 Å². The van der Waals surface area contributed by atoms with Crippen molar-refractivity contribution in [3.63, 3.8) is 0 Å². The molecule has 1 atom stereocenters. The summed E-state index contributed by atoms with van der Waals surface area (Å²) in [7, 11) is -2.84. The summed E-state index contributed by atoms with van der Waals surface area (Å²) in [6.45, 7) is 11.9. The number of aromatic nitrogens is 5. The zero-order valence-corrected chi connectivity index (χ0v) is 15.9. The van der Waals surface area contributed by atoms with Crippen LogP contribution in [0.4, 0.5) is 0 Å². The minimum atomic E-state index is -2.84. The molecule has 1 aliphatic rings. The monoisotopic (exact) mass is 384 g/mol. The first-order valence-electron chi connectivity index (χ1n) is 8.57. The molecule has 4 rings (SSSR count). The molecule has 1 unspecified atom stereocenters. The van der Waals surface area contributed by atoms with Crippen molar-refractivity contribution < 1.29 is 4.21 Å². The summed E-state index contributed by atoms with van der Waals surface area (Å²) in [6, 6.07) is 1.92. The van der Waals surface area contributed by atoms with Gasteiger partial charge in [0.2, 0.25) is 6.54 Å². The van der Waals surface area contributed by atoms with Crippen LogP contribution in [0.2, 0.25) is 0 Å². The van der Waals surface area contributed by atoms with Crippen molar-refractivity contribution in [3.05, 3.63) is 42.4 Å². The van der Waals surface area contributed by atoms with Crippen molar-refractivity contribution in [2.45, 2.75) is 24.6 Å². The van der Waals surface area contributed by atoms with Gasteiger partial charge in [0, 0.05) is 36.4 Å². The van der Waals surface area contributed by atoms with Gasteiger partial charge in [0.15, 0.2) is 5.54 Å². The Kier molecular flexibility index (Phi) is 4.01. The number of fused-ring (bicyclic) bond motifs is 1. The van der Waals surface area contributed by atoms with E-state index >= 15 is 0 Å². The van der Waals surface area contributed by atoms with Crippen LogP contribution in [0.5, 0.6) is 0 Å². The standard InChI is InChI=1S/C17H20N8OS/c1-12(2)27(18,26)24-9-17(10-24,8-19-3)25-7-13(6-23-25)15-14-4-5-20-16(14)22-11-21-15/h4-7,11-12,18H,8-10H2,1-2H3,(H,20,21,22). The number of rotatable bonds is 5. The summed E-state index contributed by atoms with van der Waals surface area (Å²) in [4.78, 5) is 15.2. The fraction of sp³-hybridized carbons (Fsp3) is 0.412. The van der Waals surface area contributed by atoms with Gasteiger partial charge in [-0.3, -0.25) is 4.68 Å². The molecule has 0 aromatic carbocycles. The molecule has 27 heavy (non-hydrogen) atoms. The summed E-state index contributed by atoms with van der Waals surface area (Å²) >= 11 is 0. The molecular weight excluding hydrogens is 364 g/mol. The van der Waals surface area contributed by atoms with Crippen molar-refractivity contribution >= 4 is 20.9 Å². The molecule has 0 spiro atoms. The van der Waals surface area contributed by atoms with Crippen molar-refractivity contribution in [2.24, 2.45) is 0 Å². The van der Waals surface area contributed by atoms with Gasteiger partial charge in [-0.1, -0.05) is 0 Å². The van der Waals surface area contributed by atoms with Gasteiger partial charge in [-0.2, -0.15) is 5.10 Å². The highest BCUT2D eigenvalue weighted by molar-refractivity contribution is 7.90. The second-order valence-corrected chi connectivity index (χ2v) is 9.69. The number of aromatic amines is 1. The van der Waals surface area contributed by atoms with E-state index in [9.17, 15) is 4.21 Å². The number of H-pyrrole nitrogens is 1. The minimum absolute atomic E-state index is 0.224. The summed E-state index contributed by atoms with van der Waals surface area (Å²) in [5.41, 5.74) is 1.79. The minimum Gasteiger partial charge on any atom is -0.346 e. The lowest BCUT2D eigenvalue weighted by atomic mass is 9.92. The molecule has 10 heteroatoms. The molecule has 1 aliphatic heterocycles. The van der Waals surface area contributed by atoms with Crippen LogP contribution < -0.4 is 0 Å². The highest BCUT2D eigenvalue weighted by Crippen LogP contribution is 2.35. The first-order valence-corrected chi connectivity index (χ1v) is 10.1. The molecule has 1 saturated heterocycles. The lowest BCUT2D eigenvalue weighted by molar-refractivity contribution is 0.0857. The summed E-state index contributed by atoms with van der Waals surface area (Å²) in [5, 5.41) is 5.12. The van der Waals surface area contributed by atoms with E-state index in [0.29, 0.717) is 13.1 Å². The van der Waals surface area contributed by atoms with E-state index in [1.165, 1.54) is 6.33 Å². The van der Waals surface area contributed by atoms with Crippen molar-refractivity contribution in [2.75, 3.05) is 19.6 Å². The van der Waals surface area contributed by atoms with E-state index in [4.69, 9.17) is 11.4 Å². The van der Waals surface area contributed by atoms with Crippen LogP contribution in [0.25, 0.3) is 27.1 Å². The Morgan fingerprint density at radius 1 is 1.44 bits per heavy atom. The van der Waals surface area contributed by atoms with E-state index in [2.05, 4.69) is 24.9 Å².